The number of hydrogen-bond acceptors (Lipinski definition) is 5. The number of carbonyl (C=O) groups excluding carboxylic acids is 1. The number of ether oxygens (including phenoxy) is 1. The van der Waals surface area contributed by atoms with Crippen molar-refractivity contribution in [2.24, 2.45) is 0 Å². The predicted octanol–water partition coefficient (Wildman–Crippen LogP) is 4.28. The molecule has 1 atom stereocenters. The number of amides is 1. The fourth-order valence-corrected chi connectivity index (χ4v) is 4.88. The number of aryl methyl sites for hydroxylation is 1. The zero-order chi connectivity index (χ0) is 25.2. The van der Waals surface area contributed by atoms with Crippen LogP contribution in [0.3, 0.4) is 0 Å². The number of carboxylic acids is 1. The highest BCUT2D eigenvalue weighted by molar-refractivity contribution is 5.95. The molecule has 6 heterocycles. The van der Waals surface area contributed by atoms with E-state index in [4.69, 9.17) is 4.74 Å². The molecule has 1 aromatic heterocycles. The van der Waals surface area contributed by atoms with Crippen molar-refractivity contribution in [2.45, 2.75) is 44.6 Å². The van der Waals surface area contributed by atoms with Crippen LogP contribution in [0.5, 0.6) is 6.01 Å². The van der Waals surface area contributed by atoms with Gasteiger partial charge in [0.25, 0.3) is 5.91 Å². The van der Waals surface area contributed by atoms with Gasteiger partial charge in [0.05, 0.1) is 13.0 Å². The Morgan fingerprint density at radius 2 is 1.78 bits per heavy atom. The van der Waals surface area contributed by atoms with Gasteiger partial charge in [0.15, 0.2) is 0 Å². The molecule has 5 aliphatic heterocycles. The highest BCUT2D eigenvalue weighted by Crippen LogP contribution is 2.32. The maximum Gasteiger partial charge on any atom is 0.316 e. The largest absolute Gasteiger partial charge is 0.481 e. The summed E-state index contributed by atoms with van der Waals surface area (Å²) in [6.07, 6.45) is 5.18. The first-order chi connectivity index (χ1) is 17.4. The van der Waals surface area contributed by atoms with Crippen molar-refractivity contribution in [3.8, 4) is 6.01 Å². The van der Waals surface area contributed by atoms with Crippen molar-refractivity contribution < 1.29 is 28.2 Å². The van der Waals surface area contributed by atoms with E-state index in [0.29, 0.717) is 50.0 Å². The minimum atomic E-state index is -0.973. The van der Waals surface area contributed by atoms with Crippen LogP contribution >= 0.6 is 0 Å². The fourth-order valence-electron chi connectivity index (χ4n) is 4.88. The number of aromatic nitrogens is 2. The molecule has 0 fully saturated rings. The predicted molar refractivity (Wildman–Crippen MR) is 126 cm³/mol. The molecule has 7 nitrogen and oxygen atoms in total. The smallest absolute Gasteiger partial charge is 0.316 e. The van der Waals surface area contributed by atoms with Gasteiger partial charge in [-0.3, -0.25) is 9.59 Å². The Bertz CT molecular complexity index is 1290. The third kappa shape index (κ3) is 4.91. The van der Waals surface area contributed by atoms with E-state index in [2.05, 4.69) is 9.97 Å². The number of rotatable bonds is 2. The third-order valence-electron chi connectivity index (χ3n) is 6.77. The lowest BCUT2D eigenvalue weighted by atomic mass is 9.87. The van der Waals surface area contributed by atoms with Crippen LogP contribution in [-0.4, -0.2) is 45.0 Å². The molecule has 0 saturated carbocycles. The van der Waals surface area contributed by atoms with Gasteiger partial charge >= 0.3 is 12.0 Å². The quantitative estimate of drug-likeness (QED) is 0.573. The Labute approximate surface area is 206 Å². The average Bonchev–Trinajstić information content (AvgIpc) is 2.86. The van der Waals surface area contributed by atoms with E-state index in [0.717, 1.165) is 16.7 Å². The van der Waals surface area contributed by atoms with Crippen LogP contribution in [-0.2, 0) is 24.2 Å². The van der Waals surface area contributed by atoms with E-state index in [9.17, 15) is 23.5 Å². The van der Waals surface area contributed by atoms with E-state index >= 15 is 0 Å². The second-order valence-electron chi connectivity index (χ2n) is 9.19. The number of hydrogen-bond donors (Lipinski definition) is 1. The van der Waals surface area contributed by atoms with E-state index in [1.165, 1.54) is 17.0 Å². The molecule has 0 radical (unpaired) electrons. The van der Waals surface area contributed by atoms with Crippen LogP contribution < -0.4 is 4.74 Å². The van der Waals surface area contributed by atoms with Crippen molar-refractivity contribution in [1.82, 2.24) is 14.9 Å². The van der Waals surface area contributed by atoms with Gasteiger partial charge in [0.2, 0.25) is 0 Å². The number of carbonyl (C=O) groups is 2. The topological polar surface area (TPSA) is 92.6 Å². The molecule has 2 aromatic carbocycles. The van der Waals surface area contributed by atoms with Gasteiger partial charge in [-0.15, -0.1) is 0 Å². The molecule has 7 bridgehead atoms. The lowest BCUT2D eigenvalue weighted by Gasteiger charge is -2.30. The van der Waals surface area contributed by atoms with E-state index < -0.39 is 35.0 Å². The second kappa shape index (κ2) is 10.0. The Kier molecular flexibility index (Phi) is 6.63. The summed E-state index contributed by atoms with van der Waals surface area (Å²) < 4.78 is 35.4. The Morgan fingerprint density at radius 1 is 1.03 bits per heavy atom. The summed E-state index contributed by atoms with van der Waals surface area (Å²) in [6, 6.07) is 8.29. The first kappa shape index (κ1) is 23.8. The summed E-state index contributed by atoms with van der Waals surface area (Å²) in [5.41, 5.74) is 3.13. The molecule has 5 aliphatic rings. The number of carboxylic acid groups (broad SMARTS) is 1. The Morgan fingerprint density at radius 3 is 2.50 bits per heavy atom. The molecule has 1 amide bonds. The summed E-state index contributed by atoms with van der Waals surface area (Å²) in [6.45, 7) is 0.824. The molecule has 1 unspecified atom stereocenters. The van der Waals surface area contributed by atoms with Crippen LogP contribution in [0.25, 0.3) is 0 Å². The maximum absolute atomic E-state index is 14.9. The standard InChI is InChI=1S/C27H25F2N3O4/c28-22-9-16-3-1-2-8-36-27-30-13-20(14-31-27)21(12-24(33)34)18-5-4-17-6-7-32(15-19(17)11-18)26(35)25(22)23(29)10-16/h4-5,9-11,13-14,21H,1-3,6-8,12,15H2,(H,33,34). The normalized spacial score (nSPS) is 17.8. The zero-order valence-electron chi connectivity index (χ0n) is 19.5. The maximum atomic E-state index is 14.9. The monoisotopic (exact) mass is 493 g/mol. The lowest BCUT2D eigenvalue weighted by molar-refractivity contribution is -0.137. The summed E-state index contributed by atoms with van der Waals surface area (Å²) in [7, 11) is 0. The minimum Gasteiger partial charge on any atom is -0.481 e. The second-order valence-corrected chi connectivity index (χ2v) is 9.19. The van der Waals surface area contributed by atoms with Crippen molar-refractivity contribution in [1.29, 1.82) is 0 Å². The van der Waals surface area contributed by atoms with Crippen LogP contribution in [0.2, 0.25) is 0 Å². The molecule has 3 aromatic rings. The van der Waals surface area contributed by atoms with Gasteiger partial charge in [-0.2, -0.15) is 0 Å². The van der Waals surface area contributed by atoms with Crippen molar-refractivity contribution in [2.75, 3.05) is 13.2 Å². The minimum absolute atomic E-state index is 0.172. The summed E-state index contributed by atoms with van der Waals surface area (Å²) >= 11 is 0. The number of nitrogens with zero attached hydrogens (tertiary/aromatic N) is 3. The van der Waals surface area contributed by atoms with Crippen LogP contribution in [0.1, 0.15) is 63.4 Å². The first-order valence-corrected chi connectivity index (χ1v) is 11.9. The third-order valence-corrected chi connectivity index (χ3v) is 6.77. The highest BCUT2D eigenvalue weighted by atomic mass is 19.1. The van der Waals surface area contributed by atoms with Crippen molar-refractivity contribution in [3.05, 3.63) is 87.7 Å². The molecule has 1 N–H and O–H groups in total. The van der Waals surface area contributed by atoms with Crippen molar-refractivity contribution >= 4 is 11.9 Å². The van der Waals surface area contributed by atoms with Gasteiger partial charge in [-0.05, 0) is 65.6 Å². The highest BCUT2D eigenvalue weighted by Gasteiger charge is 2.28. The van der Waals surface area contributed by atoms with E-state index in [1.807, 2.05) is 18.2 Å². The van der Waals surface area contributed by atoms with Gasteiger partial charge in [0, 0.05) is 31.4 Å². The zero-order valence-corrected chi connectivity index (χ0v) is 19.5. The van der Waals surface area contributed by atoms with Gasteiger partial charge in [-0.25, -0.2) is 18.7 Å². The molecular weight excluding hydrogens is 468 g/mol. The molecule has 0 saturated heterocycles. The van der Waals surface area contributed by atoms with Gasteiger partial charge in [-0.1, -0.05) is 18.2 Å². The summed E-state index contributed by atoms with van der Waals surface area (Å²) in [4.78, 5) is 34.8. The molecule has 0 aliphatic carbocycles. The van der Waals surface area contributed by atoms with Gasteiger partial charge < -0.3 is 14.7 Å². The van der Waals surface area contributed by atoms with E-state index in [-0.39, 0.29) is 19.0 Å². The molecule has 8 rings (SSSR count). The van der Waals surface area contributed by atoms with Gasteiger partial charge in [0.1, 0.15) is 17.2 Å². The van der Waals surface area contributed by atoms with Crippen LogP contribution in [0.4, 0.5) is 8.78 Å². The first-order valence-electron chi connectivity index (χ1n) is 11.9. The van der Waals surface area contributed by atoms with Crippen LogP contribution in [0.15, 0.2) is 42.7 Å². The summed E-state index contributed by atoms with van der Waals surface area (Å²) in [5, 5.41) is 9.55. The number of aliphatic carboxylic acids is 1. The Hall–Kier alpha value is -3.88. The molecule has 36 heavy (non-hydrogen) atoms. The van der Waals surface area contributed by atoms with Crippen molar-refractivity contribution in [3.63, 3.8) is 0 Å². The number of benzene rings is 2. The fraction of sp³-hybridized carbons (Fsp3) is 0.333. The number of halogens is 2. The Balaban J connectivity index is 1.55. The molecule has 9 heteroatoms. The molecular formula is C27H25F2N3O4. The average molecular weight is 494 g/mol. The van der Waals surface area contributed by atoms with E-state index in [1.54, 1.807) is 12.4 Å². The SMILES string of the molecule is O=C(O)CC1c2cnc(nc2)OCCCCc2cc(F)c(c(F)c2)C(=O)N2CCc3ccc1cc3C2. The molecule has 186 valence electrons. The summed E-state index contributed by atoms with van der Waals surface area (Å²) in [5.74, 6) is -3.91. The molecule has 0 spiro atoms. The van der Waals surface area contributed by atoms with Crippen LogP contribution in [0, 0.1) is 11.6 Å². The lowest BCUT2D eigenvalue weighted by Crippen LogP contribution is -2.37.